The number of hydrogen-bond donors (Lipinski definition) is 2. The molecule has 0 atom stereocenters. The number of H-pyrrole nitrogens is 1. The summed E-state index contributed by atoms with van der Waals surface area (Å²) in [6.07, 6.45) is 4.88. The topological polar surface area (TPSA) is 96.7 Å². The number of pyridine rings is 1. The fraction of sp³-hybridized carbons (Fsp3) is 0. The first kappa shape index (κ1) is 12.8. The van der Waals surface area contributed by atoms with Crippen LogP contribution in [0.1, 0.15) is 0 Å². The van der Waals surface area contributed by atoms with E-state index in [1.807, 2.05) is 24.3 Å². The molecular formula is C14H11N5O2. The first-order valence-corrected chi connectivity index (χ1v) is 6.20. The van der Waals surface area contributed by atoms with E-state index < -0.39 is 4.92 Å². The van der Waals surface area contributed by atoms with Crippen molar-refractivity contribution in [3.63, 3.8) is 0 Å². The number of anilines is 2. The molecule has 7 heteroatoms. The minimum Gasteiger partial charge on any atom is -0.351 e. The summed E-state index contributed by atoms with van der Waals surface area (Å²) in [6.45, 7) is 0. The Balaban J connectivity index is 1.93. The predicted octanol–water partition coefficient (Wildman–Crippen LogP) is 3.12. The van der Waals surface area contributed by atoms with E-state index in [1.165, 1.54) is 18.3 Å². The van der Waals surface area contributed by atoms with Gasteiger partial charge in [-0.1, -0.05) is 12.1 Å². The highest BCUT2D eigenvalue weighted by atomic mass is 16.6. The number of nitrogens with zero attached hydrogens (tertiary/aromatic N) is 3. The van der Waals surface area contributed by atoms with Gasteiger partial charge in [-0.05, 0) is 18.2 Å². The van der Waals surface area contributed by atoms with E-state index in [4.69, 9.17) is 0 Å². The normalized spacial score (nSPS) is 10.3. The van der Waals surface area contributed by atoms with E-state index >= 15 is 0 Å². The number of aromatic nitrogens is 3. The number of aromatic amines is 1. The molecule has 3 aromatic rings. The maximum atomic E-state index is 11.0. The van der Waals surface area contributed by atoms with Crippen LogP contribution >= 0.6 is 0 Å². The van der Waals surface area contributed by atoms with E-state index in [9.17, 15) is 10.1 Å². The first-order valence-electron chi connectivity index (χ1n) is 6.20. The zero-order chi connectivity index (χ0) is 14.7. The van der Waals surface area contributed by atoms with E-state index in [2.05, 4.69) is 20.3 Å². The van der Waals surface area contributed by atoms with E-state index in [-0.39, 0.29) is 11.5 Å². The Kier molecular flexibility index (Phi) is 3.30. The number of nitro groups is 1. The molecule has 7 nitrogen and oxygen atoms in total. The molecule has 0 aliphatic rings. The molecule has 0 saturated carbocycles. The Bertz CT molecular complexity index is 771. The molecule has 21 heavy (non-hydrogen) atoms. The minimum atomic E-state index is -0.465. The minimum absolute atomic E-state index is 0.0670. The number of rotatable bonds is 4. The van der Waals surface area contributed by atoms with Gasteiger partial charge in [-0.3, -0.25) is 10.1 Å². The molecule has 2 heterocycles. The summed E-state index contributed by atoms with van der Waals surface area (Å²) < 4.78 is 0. The Hall–Kier alpha value is -3.22. The Morgan fingerprint density at radius 2 is 2.10 bits per heavy atom. The monoisotopic (exact) mass is 281 g/mol. The van der Waals surface area contributed by atoms with Gasteiger partial charge < -0.3 is 10.3 Å². The Morgan fingerprint density at radius 3 is 2.86 bits per heavy atom. The molecule has 2 N–H and O–H groups in total. The van der Waals surface area contributed by atoms with Gasteiger partial charge in [-0.15, -0.1) is 0 Å². The van der Waals surface area contributed by atoms with Gasteiger partial charge in [-0.2, -0.15) is 0 Å². The van der Waals surface area contributed by atoms with Gasteiger partial charge in [0.05, 0.1) is 16.9 Å². The number of nitrogens with one attached hydrogen (secondary N) is 2. The SMILES string of the molecule is O=[N+]([O-])c1cccnc1Nc1cccc(-c2c[nH]cn2)c1. The van der Waals surface area contributed by atoms with Crippen molar-refractivity contribution >= 4 is 17.2 Å². The smallest absolute Gasteiger partial charge is 0.311 e. The number of imidazole rings is 1. The van der Waals surface area contributed by atoms with Crippen LogP contribution in [0.4, 0.5) is 17.2 Å². The molecular weight excluding hydrogens is 270 g/mol. The summed E-state index contributed by atoms with van der Waals surface area (Å²) in [7, 11) is 0. The van der Waals surface area contributed by atoms with Gasteiger partial charge in [0, 0.05) is 29.7 Å². The molecule has 0 fully saturated rings. The molecule has 3 rings (SSSR count). The summed E-state index contributed by atoms with van der Waals surface area (Å²) in [4.78, 5) is 21.6. The molecule has 104 valence electrons. The Labute approximate surface area is 119 Å². The van der Waals surface area contributed by atoms with Crippen LogP contribution in [0.2, 0.25) is 0 Å². The second-order valence-corrected chi connectivity index (χ2v) is 4.29. The van der Waals surface area contributed by atoms with Crippen molar-refractivity contribution in [3.05, 3.63) is 65.2 Å². The van der Waals surface area contributed by atoms with Crippen LogP contribution in [0.5, 0.6) is 0 Å². The third-order valence-electron chi connectivity index (χ3n) is 2.90. The lowest BCUT2D eigenvalue weighted by molar-refractivity contribution is -0.384. The van der Waals surface area contributed by atoms with Crippen LogP contribution in [-0.2, 0) is 0 Å². The maximum absolute atomic E-state index is 11.0. The largest absolute Gasteiger partial charge is 0.351 e. The standard InChI is InChI=1S/C14H11N5O2/c20-19(21)13-5-2-6-16-14(13)18-11-4-1-3-10(7-11)12-8-15-9-17-12/h1-9H,(H,15,17)(H,16,18). The molecule has 0 aliphatic heterocycles. The molecule has 0 radical (unpaired) electrons. The summed E-state index contributed by atoms with van der Waals surface area (Å²) in [5.74, 6) is 0.210. The quantitative estimate of drug-likeness (QED) is 0.565. The molecule has 0 saturated heterocycles. The lowest BCUT2D eigenvalue weighted by Crippen LogP contribution is -1.99. The van der Waals surface area contributed by atoms with Crippen molar-refractivity contribution < 1.29 is 4.92 Å². The number of benzene rings is 1. The third-order valence-corrected chi connectivity index (χ3v) is 2.90. The Morgan fingerprint density at radius 1 is 1.19 bits per heavy atom. The molecule has 0 unspecified atom stereocenters. The average molecular weight is 281 g/mol. The van der Waals surface area contributed by atoms with Crippen molar-refractivity contribution in [3.8, 4) is 11.3 Å². The summed E-state index contributed by atoms with van der Waals surface area (Å²) in [5.41, 5.74) is 2.34. The molecule has 1 aromatic carbocycles. The van der Waals surface area contributed by atoms with Gasteiger partial charge >= 0.3 is 5.69 Å². The van der Waals surface area contributed by atoms with Gasteiger partial charge in [0.15, 0.2) is 0 Å². The summed E-state index contributed by atoms with van der Waals surface area (Å²) in [5, 5.41) is 13.9. The van der Waals surface area contributed by atoms with E-state index in [0.717, 1.165) is 11.3 Å². The lowest BCUT2D eigenvalue weighted by Gasteiger charge is -2.07. The number of hydrogen-bond acceptors (Lipinski definition) is 5. The third kappa shape index (κ3) is 2.71. The fourth-order valence-electron chi connectivity index (χ4n) is 1.95. The second kappa shape index (κ2) is 5.41. The molecule has 0 aliphatic carbocycles. The fourth-order valence-corrected chi connectivity index (χ4v) is 1.95. The van der Waals surface area contributed by atoms with Gasteiger partial charge in [0.1, 0.15) is 0 Å². The second-order valence-electron chi connectivity index (χ2n) is 4.29. The van der Waals surface area contributed by atoms with Crippen molar-refractivity contribution in [1.82, 2.24) is 15.0 Å². The van der Waals surface area contributed by atoms with Gasteiger partial charge in [0.25, 0.3) is 0 Å². The van der Waals surface area contributed by atoms with Gasteiger partial charge in [-0.25, -0.2) is 9.97 Å². The van der Waals surface area contributed by atoms with Crippen molar-refractivity contribution in [1.29, 1.82) is 0 Å². The van der Waals surface area contributed by atoms with Crippen LogP contribution < -0.4 is 5.32 Å². The van der Waals surface area contributed by atoms with Gasteiger partial charge in [0.2, 0.25) is 5.82 Å². The molecule has 0 spiro atoms. The summed E-state index contributed by atoms with van der Waals surface area (Å²) >= 11 is 0. The van der Waals surface area contributed by atoms with Crippen molar-refractivity contribution in [2.24, 2.45) is 0 Å². The van der Waals surface area contributed by atoms with Crippen LogP contribution in [0.25, 0.3) is 11.3 Å². The molecule has 2 aromatic heterocycles. The molecule has 0 amide bonds. The summed E-state index contributed by atoms with van der Waals surface area (Å²) in [6, 6.07) is 10.4. The van der Waals surface area contributed by atoms with Crippen molar-refractivity contribution in [2.75, 3.05) is 5.32 Å². The predicted molar refractivity (Wildman–Crippen MR) is 78.2 cm³/mol. The molecule has 0 bridgehead atoms. The van der Waals surface area contributed by atoms with E-state index in [0.29, 0.717) is 5.69 Å². The van der Waals surface area contributed by atoms with Crippen LogP contribution in [-0.4, -0.2) is 19.9 Å². The highest BCUT2D eigenvalue weighted by molar-refractivity contribution is 5.70. The van der Waals surface area contributed by atoms with Crippen molar-refractivity contribution in [2.45, 2.75) is 0 Å². The first-order chi connectivity index (χ1) is 10.2. The average Bonchev–Trinajstić information content (AvgIpc) is 3.02. The highest BCUT2D eigenvalue weighted by Crippen LogP contribution is 2.26. The highest BCUT2D eigenvalue weighted by Gasteiger charge is 2.14. The zero-order valence-corrected chi connectivity index (χ0v) is 10.9. The van der Waals surface area contributed by atoms with Crippen LogP contribution in [0, 0.1) is 10.1 Å². The maximum Gasteiger partial charge on any atom is 0.311 e. The van der Waals surface area contributed by atoms with E-state index in [1.54, 1.807) is 12.5 Å². The lowest BCUT2D eigenvalue weighted by atomic mass is 10.1. The van der Waals surface area contributed by atoms with Crippen LogP contribution in [0.3, 0.4) is 0 Å². The van der Waals surface area contributed by atoms with Crippen LogP contribution in [0.15, 0.2) is 55.1 Å². The zero-order valence-electron chi connectivity index (χ0n) is 10.9.